The van der Waals surface area contributed by atoms with Gasteiger partial charge in [-0.25, -0.2) is 0 Å². The fourth-order valence-electron chi connectivity index (χ4n) is 3.59. The molecule has 31 heavy (non-hydrogen) atoms. The van der Waals surface area contributed by atoms with E-state index in [1.165, 1.54) is 4.88 Å². The average Bonchev–Trinajstić information content (AvgIpc) is 3.25. The summed E-state index contributed by atoms with van der Waals surface area (Å²) in [5.74, 6) is 0.807. The number of amides is 2. The normalized spacial score (nSPS) is 15.6. The highest BCUT2D eigenvalue weighted by Crippen LogP contribution is 2.30. The van der Waals surface area contributed by atoms with E-state index in [1.807, 2.05) is 44.3 Å². The molecule has 1 unspecified atom stereocenters. The maximum Gasteiger partial charge on any atom is 0.236 e. The van der Waals surface area contributed by atoms with Crippen LogP contribution < -0.4 is 20.3 Å². The largest absolute Gasteiger partial charge is 0.485 e. The van der Waals surface area contributed by atoms with Crippen molar-refractivity contribution in [1.82, 2.24) is 15.5 Å². The van der Waals surface area contributed by atoms with Crippen molar-refractivity contribution in [2.45, 2.75) is 25.9 Å². The number of hydrogen-bond donors (Lipinski definition) is 2. The third-order valence-corrected chi connectivity index (χ3v) is 6.26. The molecule has 2 N–H and O–H groups in total. The lowest BCUT2D eigenvalue weighted by Crippen LogP contribution is -2.40. The number of hydrogen-bond acceptors (Lipinski definition) is 6. The van der Waals surface area contributed by atoms with Gasteiger partial charge >= 0.3 is 0 Å². The zero-order chi connectivity index (χ0) is 22.1. The molecule has 1 saturated heterocycles. The van der Waals surface area contributed by atoms with Crippen LogP contribution in [0.5, 0.6) is 5.75 Å². The second-order valence-electron chi connectivity index (χ2n) is 7.47. The first-order valence-electron chi connectivity index (χ1n) is 10.9. The summed E-state index contributed by atoms with van der Waals surface area (Å²) in [6, 6.07) is 11.8. The number of nitrogens with one attached hydrogen (secondary N) is 2. The highest BCUT2D eigenvalue weighted by Gasteiger charge is 2.25. The van der Waals surface area contributed by atoms with E-state index >= 15 is 0 Å². The Balaban J connectivity index is 1.69. The lowest BCUT2D eigenvalue weighted by Gasteiger charge is -2.24. The predicted octanol–water partition coefficient (Wildman–Crippen LogP) is 2.65. The molecule has 2 heterocycles. The molecule has 0 aliphatic carbocycles. The van der Waals surface area contributed by atoms with Crippen LogP contribution in [-0.4, -0.2) is 63.0 Å². The van der Waals surface area contributed by atoms with Crippen LogP contribution in [0, 0.1) is 0 Å². The first kappa shape index (κ1) is 23.2. The number of carbonyl (C=O) groups is 2. The minimum atomic E-state index is -0.0401. The van der Waals surface area contributed by atoms with E-state index in [0.29, 0.717) is 32.6 Å². The Morgan fingerprint density at radius 1 is 1.23 bits per heavy atom. The van der Waals surface area contributed by atoms with Crippen molar-refractivity contribution in [1.29, 1.82) is 0 Å². The first-order valence-corrected chi connectivity index (χ1v) is 11.7. The molecular weight excluding hydrogens is 412 g/mol. The van der Waals surface area contributed by atoms with Crippen LogP contribution in [0.25, 0.3) is 0 Å². The second kappa shape index (κ2) is 11.8. The van der Waals surface area contributed by atoms with E-state index in [9.17, 15) is 9.59 Å². The van der Waals surface area contributed by atoms with Crippen LogP contribution in [0.1, 0.15) is 30.7 Å². The Morgan fingerprint density at radius 2 is 2.10 bits per heavy atom. The zero-order valence-electron chi connectivity index (χ0n) is 18.3. The van der Waals surface area contributed by atoms with E-state index in [-0.39, 0.29) is 17.9 Å². The van der Waals surface area contributed by atoms with Crippen LogP contribution in [0.3, 0.4) is 0 Å². The van der Waals surface area contributed by atoms with Gasteiger partial charge in [0.25, 0.3) is 0 Å². The summed E-state index contributed by atoms with van der Waals surface area (Å²) in [6.07, 6.45) is 1.14. The van der Waals surface area contributed by atoms with E-state index < -0.39 is 0 Å². The summed E-state index contributed by atoms with van der Waals surface area (Å²) in [5.41, 5.74) is 0.807. The molecule has 1 aromatic heterocycles. The summed E-state index contributed by atoms with van der Waals surface area (Å²) in [6.45, 7) is 5.35. The fraction of sp³-hybridized carbons (Fsp3) is 0.478. The molecule has 1 aliphatic heterocycles. The number of nitrogens with zero attached hydrogens (tertiary/aromatic N) is 2. The Bertz CT molecular complexity index is 843. The summed E-state index contributed by atoms with van der Waals surface area (Å²) in [4.78, 5) is 29.8. The molecule has 3 rings (SSSR count). The molecule has 168 valence electrons. The predicted molar refractivity (Wildman–Crippen MR) is 125 cm³/mol. The topological polar surface area (TPSA) is 73.9 Å². The molecule has 1 fully saturated rings. The molecule has 1 aliphatic rings. The molecule has 1 atom stereocenters. The molecule has 0 radical (unpaired) electrons. The van der Waals surface area contributed by atoms with Crippen molar-refractivity contribution in [3.05, 3.63) is 46.7 Å². The van der Waals surface area contributed by atoms with Gasteiger partial charge in [0.2, 0.25) is 11.8 Å². The lowest BCUT2D eigenvalue weighted by atomic mass is 10.2. The molecule has 0 saturated carbocycles. The summed E-state index contributed by atoms with van der Waals surface area (Å²) in [7, 11) is 1.93. The van der Waals surface area contributed by atoms with Crippen LogP contribution >= 0.6 is 11.3 Å². The molecular formula is C23H32N4O3S. The Labute approximate surface area is 188 Å². The van der Waals surface area contributed by atoms with Crippen molar-refractivity contribution in [2.75, 3.05) is 51.2 Å². The number of likely N-dealkylation sites (N-methyl/N-ethyl adjacent to an activating group) is 1. The quantitative estimate of drug-likeness (QED) is 0.589. The molecule has 7 nitrogen and oxygen atoms in total. The van der Waals surface area contributed by atoms with Gasteiger partial charge in [0.05, 0.1) is 6.54 Å². The number of ether oxygens (including phenoxy) is 1. The van der Waals surface area contributed by atoms with Gasteiger partial charge in [0.1, 0.15) is 11.9 Å². The summed E-state index contributed by atoms with van der Waals surface area (Å²) in [5, 5.41) is 8.30. The van der Waals surface area contributed by atoms with E-state index in [2.05, 4.69) is 22.1 Å². The van der Waals surface area contributed by atoms with Crippen LogP contribution in [-0.2, 0) is 9.59 Å². The highest BCUT2D eigenvalue weighted by molar-refractivity contribution is 7.10. The van der Waals surface area contributed by atoms with Gasteiger partial charge in [-0.05, 0) is 43.7 Å². The monoisotopic (exact) mass is 444 g/mol. The van der Waals surface area contributed by atoms with Crippen LogP contribution in [0.2, 0.25) is 0 Å². The van der Waals surface area contributed by atoms with Crippen molar-refractivity contribution in [3.8, 4) is 5.75 Å². The third-order valence-electron chi connectivity index (χ3n) is 5.29. The average molecular weight is 445 g/mol. The van der Waals surface area contributed by atoms with E-state index in [4.69, 9.17) is 4.74 Å². The Morgan fingerprint density at radius 3 is 2.84 bits per heavy atom. The van der Waals surface area contributed by atoms with Gasteiger partial charge in [-0.1, -0.05) is 19.1 Å². The van der Waals surface area contributed by atoms with Crippen LogP contribution in [0.15, 0.2) is 41.8 Å². The van der Waals surface area contributed by atoms with Crippen molar-refractivity contribution < 1.29 is 14.3 Å². The van der Waals surface area contributed by atoms with Crippen LogP contribution in [0.4, 0.5) is 5.69 Å². The number of benzene rings is 1. The molecule has 8 heteroatoms. The number of rotatable bonds is 10. The molecule has 0 bridgehead atoms. The minimum absolute atomic E-state index is 0.0286. The van der Waals surface area contributed by atoms with Gasteiger partial charge in [0, 0.05) is 49.1 Å². The van der Waals surface area contributed by atoms with Gasteiger partial charge in [-0.2, -0.15) is 0 Å². The van der Waals surface area contributed by atoms with Gasteiger partial charge in [-0.3, -0.25) is 9.59 Å². The Kier molecular flexibility index (Phi) is 8.87. The molecule has 1 aromatic carbocycles. The zero-order valence-corrected chi connectivity index (χ0v) is 19.1. The second-order valence-corrected chi connectivity index (χ2v) is 8.45. The smallest absolute Gasteiger partial charge is 0.236 e. The fourth-order valence-corrected chi connectivity index (χ4v) is 4.38. The highest BCUT2D eigenvalue weighted by atomic mass is 32.1. The SMILES string of the molecule is CCNCC(=O)N1CCC(=O)N(c2cccc(OC(CCNC)c3cccs3)c2)CC1. The summed E-state index contributed by atoms with van der Waals surface area (Å²) < 4.78 is 6.32. The number of thiophene rings is 1. The molecule has 2 aromatic rings. The van der Waals surface area contributed by atoms with Crippen molar-refractivity contribution in [3.63, 3.8) is 0 Å². The van der Waals surface area contributed by atoms with E-state index in [0.717, 1.165) is 30.9 Å². The Hall–Kier alpha value is -2.42. The summed E-state index contributed by atoms with van der Waals surface area (Å²) >= 11 is 1.68. The number of anilines is 1. The molecule has 2 amide bonds. The van der Waals surface area contributed by atoms with Gasteiger partial charge < -0.3 is 25.2 Å². The van der Waals surface area contributed by atoms with E-state index in [1.54, 1.807) is 21.1 Å². The first-order chi connectivity index (χ1) is 15.1. The third kappa shape index (κ3) is 6.53. The molecule has 0 spiro atoms. The van der Waals surface area contributed by atoms with Gasteiger partial charge in [0.15, 0.2) is 0 Å². The minimum Gasteiger partial charge on any atom is -0.485 e. The van der Waals surface area contributed by atoms with Crippen molar-refractivity contribution in [2.24, 2.45) is 0 Å². The number of carbonyl (C=O) groups excluding carboxylic acids is 2. The van der Waals surface area contributed by atoms with Crippen molar-refractivity contribution >= 4 is 28.8 Å². The standard InChI is InChI=1S/C23H32N4O3S/c1-3-25-17-23(29)26-12-10-22(28)27(14-13-26)18-6-4-7-19(16-18)30-20(9-11-24-2)21-8-5-15-31-21/h4-8,15-16,20,24-25H,3,9-14,17H2,1-2H3. The lowest BCUT2D eigenvalue weighted by molar-refractivity contribution is -0.130. The maximum atomic E-state index is 12.8. The maximum absolute atomic E-state index is 12.8. The van der Waals surface area contributed by atoms with Gasteiger partial charge in [-0.15, -0.1) is 11.3 Å².